The van der Waals surface area contributed by atoms with Gasteiger partial charge in [0.15, 0.2) is 0 Å². The van der Waals surface area contributed by atoms with Gasteiger partial charge in [0.2, 0.25) is 0 Å². The lowest BCUT2D eigenvalue weighted by atomic mass is 10.0. The Kier molecular flexibility index (Phi) is 13.6. The molecule has 1 N–H and O–H groups in total. The van der Waals surface area contributed by atoms with Crippen LogP contribution in [0, 0.1) is 0 Å². The van der Waals surface area contributed by atoms with E-state index >= 15 is 0 Å². The number of nitrogens with zero attached hydrogens (tertiary/aromatic N) is 3. The van der Waals surface area contributed by atoms with E-state index in [1.807, 2.05) is 14.1 Å². The number of alkyl halides is 6. The predicted octanol–water partition coefficient (Wildman–Crippen LogP) is 6.72. The molecular weight excluding hydrogens is 564 g/mol. The summed E-state index contributed by atoms with van der Waals surface area (Å²) in [7, 11) is 4.00. The van der Waals surface area contributed by atoms with E-state index in [4.69, 9.17) is 14.6 Å². The van der Waals surface area contributed by atoms with Gasteiger partial charge in [0, 0.05) is 51.7 Å². The molecule has 1 unspecified atom stereocenters. The summed E-state index contributed by atoms with van der Waals surface area (Å²) in [5.74, 6) is -2.31. The Morgan fingerprint density at radius 2 is 1.43 bits per heavy atom. The first-order chi connectivity index (χ1) is 19.6. The van der Waals surface area contributed by atoms with E-state index in [1.165, 1.54) is 30.5 Å². The van der Waals surface area contributed by atoms with Gasteiger partial charge in [0.25, 0.3) is 0 Å². The molecule has 236 valence electrons. The average molecular weight is 606 g/mol. The highest BCUT2D eigenvalue weighted by Gasteiger charge is 2.38. The fourth-order valence-electron chi connectivity index (χ4n) is 4.74. The molecule has 1 atom stereocenters. The van der Waals surface area contributed by atoms with Crippen LogP contribution in [0.2, 0.25) is 0 Å². The van der Waals surface area contributed by atoms with Crippen LogP contribution in [0.1, 0.15) is 55.9 Å². The van der Waals surface area contributed by atoms with Gasteiger partial charge < -0.3 is 14.7 Å². The molecule has 0 bridgehead atoms. The lowest BCUT2D eigenvalue weighted by Crippen LogP contribution is -2.49. The van der Waals surface area contributed by atoms with Crippen molar-refractivity contribution in [3.63, 3.8) is 0 Å². The monoisotopic (exact) mass is 605 g/mol. The lowest BCUT2D eigenvalue weighted by molar-refractivity contribution is -0.192. The number of rotatable bonds is 11. The van der Waals surface area contributed by atoms with E-state index < -0.39 is 23.9 Å². The van der Waals surface area contributed by atoms with Crippen LogP contribution in [0.15, 0.2) is 48.5 Å². The second-order valence-electron chi connectivity index (χ2n) is 10.5. The zero-order valence-electron chi connectivity index (χ0n) is 24.5. The van der Waals surface area contributed by atoms with Crippen LogP contribution in [-0.2, 0) is 17.5 Å². The highest BCUT2D eigenvalue weighted by atomic mass is 19.4. The van der Waals surface area contributed by atoms with Gasteiger partial charge in [-0.2, -0.15) is 26.3 Å². The maximum Gasteiger partial charge on any atom is 0.490 e. The number of aliphatic carboxylic acids is 1. The molecule has 0 saturated carbocycles. The summed E-state index contributed by atoms with van der Waals surface area (Å²) in [6, 6.07) is 14.2. The number of piperazine rings is 1. The minimum Gasteiger partial charge on any atom is -0.486 e. The Bertz CT molecular complexity index is 1060. The number of carbonyl (C=O) groups is 1. The van der Waals surface area contributed by atoms with Crippen molar-refractivity contribution >= 4 is 5.97 Å². The summed E-state index contributed by atoms with van der Waals surface area (Å²) in [6.45, 7) is 10.7. The van der Waals surface area contributed by atoms with Crippen LogP contribution in [-0.4, -0.2) is 84.8 Å². The van der Waals surface area contributed by atoms with E-state index in [0.717, 1.165) is 63.4 Å². The van der Waals surface area contributed by atoms with Crippen molar-refractivity contribution in [1.29, 1.82) is 0 Å². The fourth-order valence-corrected chi connectivity index (χ4v) is 4.74. The zero-order chi connectivity index (χ0) is 31.5. The summed E-state index contributed by atoms with van der Waals surface area (Å²) in [5, 5.41) is 7.12. The molecular formula is C30H41F6N3O3. The van der Waals surface area contributed by atoms with E-state index in [2.05, 4.69) is 52.8 Å². The molecule has 2 aromatic carbocycles. The Hall–Kier alpha value is -2.83. The van der Waals surface area contributed by atoms with Gasteiger partial charge in [-0.05, 0) is 62.3 Å². The summed E-state index contributed by atoms with van der Waals surface area (Å²) in [6.07, 6.45) is -6.50. The van der Waals surface area contributed by atoms with Gasteiger partial charge in [-0.1, -0.05) is 38.1 Å². The highest BCUT2D eigenvalue weighted by molar-refractivity contribution is 5.73. The van der Waals surface area contributed by atoms with Crippen molar-refractivity contribution in [3.05, 3.63) is 65.2 Å². The molecule has 1 saturated heterocycles. The van der Waals surface area contributed by atoms with Gasteiger partial charge in [-0.15, -0.1) is 0 Å². The molecule has 0 spiro atoms. The van der Waals surface area contributed by atoms with Crippen molar-refractivity contribution in [3.8, 4) is 5.75 Å². The standard InChI is InChI=1S/C28H40F3N3O.C2HF3O2/c1-5-25(6-2)34-19-17-33(18-20-34)21-22-7-9-23(10-8-22)27(15-16-32(3)4)35-26-13-11-24(12-14-26)28(29,30)31;3-2(4,5)1(6)7/h7-14,25,27H,5-6,15-21H2,1-4H3;(H,6,7). The second kappa shape index (κ2) is 16.1. The maximum atomic E-state index is 12.9. The first-order valence-corrected chi connectivity index (χ1v) is 14.0. The number of carboxylic acid groups (broad SMARTS) is 1. The number of benzene rings is 2. The smallest absolute Gasteiger partial charge is 0.486 e. The normalized spacial score (nSPS) is 15.8. The van der Waals surface area contributed by atoms with E-state index in [-0.39, 0.29) is 6.10 Å². The van der Waals surface area contributed by atoms with E-state index in [1.54, 1.807) is 0 Å². The molecule has 1 aliphatic heterocycles. The Labute approximate surface area is 243 Å². The van der Waals surface area contributed by atoms with Crippen LogP contribution in [0.4, 0.5) is 26.3 Å². The first-order valence-electron chi connectivity index (χ1n) is 14.0. The number of halogens is 6. The predicted molar refractivity (Wildman–Crippen MR) is 149 cm³/mol. The topological polar surface area (TPSA) is 56.2 Å². The summed E-state index contributed by atoms with van der Waals surface area (Å²) in [4.78, 5) is 16.1. The van der Waals surface area contributed by atoms with Crippen molar-refractivity contribution in [2.75, 3.05) is 46.8 Å². The summed E-state index contributed by atoms with van der Waals surface area (Å²) >= 11 is 0. The number of ether oxygens (including phenoxy) is 1. The molecule has 3 rings (SSSR count). The Balaban J connectivity index is 0.000000782. The molecule has 1 fully saturated rings. The third kappa shape index (κ3) is 11.8. The summed E-state index contributed by atoms with van der Waals surface area (Å²) < 4.78 is 76.6. The van der Waals surface area contributed by atoms with Crippen molar-refractivity contribution in [2.45, 2.75) is 64.2 Å². The number of carboxylic acids is 1. The molecule has 0 aliphatic carbocycles. The van der Waals surface area contributed by atoms with Crippen LogP contribution in [0.3, 0.4) is 0 Å². The fraction of sp³-hybridized carbons (Fsp3) is 0.567. The minimum atomic E-state index is -5.08. The molecule has 1 aliphatic rings. The molecule has 0 radical (unpaired) electrons. The average Bonchev–Trinajstić information content (AvgIpc) is 2.92. The van der Waals surface area contributed by atoms with Crippen molar-refractivity contribution in [2.24, 2.45) is 0 Å². The Morgan fingerprint density at radius 3 is 1.86 bits per heavy atom. The second-order valence-corrected chi connectivity index (χ2v) is 10.5. The van der Waals surface area contributed by atoms with E-state index in [9.17, 15) is 26.3 Å². The molecule has 0 amide bonds. The molecule has 42 heavy (non-hydrogen) atoms. The molecule has 2 aromatic rings. The SMILES string of the molecule is CCC(CC)N1CCN(Cc2ccc(C(CCN(C)C)Oc3ccc(C(F)(F)F)cc3)cc2)CC1.O=C(O)C(F)(F)F. The Morgan fingerprint density at radius 1 is 0.905 bits per heavy atom. The highest BCUT2D eigenvalue weighted by Crippen LogP contribution is 2.32. The summed E-state index contributed by atoms with van der Waals surface area (Å²) in [5.41, 5.74) is 1.64. The van der Waals surface area contributed by atoms with Crippen molar-refractivity contribution < 1.29 is 41.0 Å². The quantitative estimate of drug-likeness (QED) is 0.287. The number of hydrogen-bond donors (Lipinski definition) is 1. The van der Waals surface area contributed by atoms with Crippen LogP contribution >= 0.6 is 0 Å². The number of hydrogen-bond acceptors (Lipinski definition) is 5. The maximum absolute atomic E-state index is 12.9. The third-order valence-electron chi connectivity index (χ3n) is 7.16. The van der Waals surface area contributed by atoms with Gasteiger partial charge in [0.1, 0.15) is 11.9 Å². The van der Waals surface area contributed by atoms with Gasteiger partial charge in [-0.25, -0.2) is 4.79 Å². The van der Waals surface area contributed by atoms with E-state index in [0.29, 0.717) is 11.8 Å². The largest absolute Gasteiger partial charge is 0.490 e. The van der Waals surface area contributed by atoms with Gasteiger partial charge in [0.05, 0.1) is 5.56 Å². The molecule has 1 heterocycles. The van der Waals surface area contributed by atoms with Crippen LogP contribution in [0.25, 0.3) is 0 Å². The van der Waals surface area contributed by atoms with Crippen LogP contribution < -0.4 is 4.74 Å². The van der Waals surface area contributed by atoms with Gasteiger partial charge in [-0.3, -0.25) is 9.80 Å². The van der Waals surface area contributed by atoms with Gasteiger partial charge >= 0.3 is 18.3 Å². The van der Waals surface area contributed by atoms with Crippen molar-refractivity contribution in [1.82, 2.24) is 14.7 Å². The molecule has 12 heteroatoms. The zero-order valence-corrected chi connectivity index (χ0v) is 24.5. The first kappa shape index (κ1) is 35.4. The lowest BCUT2D eigenvalue weighted by Gasteiger charge is -2.38. The molecule has 0 aromatic heterocycles. The van der Waals surface area contributed by atoms with Crippen LogP contribution in [0.5, 0.6) is 5.75 Å². The third-order valence-corrected chi connectivity index (χ3v) is 7.16. The minimum absolute atomic E-state index is 0.230. The molecule has 6 nitrogen and oxygen atoms in total.